The van der Waals surface area contributed by atoms with Gasteiger partial charge in [-0.25, -0.2) is 4.39 Å². The number of anilines is 1. The van der Waals surface area contributed by atoms with E-state index < -0.39 is 11.8 Å². The van der Waals surface area contributed by atoms with Gasteiger partial charge in [0.1, 0.15) is 16.7 Å². The Bertz CT molecular complexity index is 740. The first kappa shape index (κ1) is 13.8. The van der Waals surface area contributed by atoms with Crippen molar-refractivity contribution in [1.29, 1.82) is 0 Å². The lowest BCUT2D eigenvalue weighted by Crippen LogP contribution is -2.64. The molecule has 1 spiro atoms. The number of carbonyl (C=O) groups excluding carboxylic acids is 1. The minimum absolute atomic E-state index is 0.185. The van der Waals surface area contributed by atoms with Crippen LogP contribution in [0.5, 0.6) is 0 Å². The lowest BCUT2D eigenvalue weighted by molar-refractivity contribution is 0.0738. The minimum Gasteiger partial charge on any atom is -0.359 e. The number of fused-ring (bicyclic) bond motifs is 1. The van der Waals surface area contributed by atoms with Crippen LogP contribution in [-0.2, 0) is 0 Å². The Labute approximate surface area is 131 Å². The molecular weight excluding hydrogens is 303 g/mol. The van der Waals surface area contributed by atoms with Gasteiger partial charge in [-0.2, -0.15) is 5.10 Å². The SMILES string of the molecule is Cc1[nH]ncc1-c1cc2c(s1)C(=O)NC1(CCCCC1F)N2. The van der Waals surface area contributed by atoms with Crippen LogP contribution >= 0.6 is 11.3 Å². The first-order chi connectivity index (χ1) is 10.6. The van der Waals surface area contributed by atoms with Crippen LogP contribution in [0.15, 0.2) is 12.3 Å². The second-order valence-corrected chi connectivity index (χ2v) is 7.08. The second kappa shape index (κ2) is 4.81. The molecule has 2 atom stereocenters. The van der Waals surface area contributed by atoms with Crippen LogP contribution in [-0.4, -0.2) is 27.9 Å². The molecular formula is C15H17FN4OS. The maximum absolute atomic E-state index is 14.4. The fourth-order valence-electron chi connectivity index (χ4n) is 3.33. The number of hydrogen-bond donors (Lipinski definition) is 3. The summed E-state index contributed by atoms with van der Waals surface area (Å²) in [5.74, 6) is -0.185. The molecule has 7 heteroatoms. The predicted molar refractivity (Wildman–Crippen MR) is 83.8 cm³/mol. The minimum atomic E-state index is -1.06. The Morgan fingerprint density at radius 3 is 3.00 bits per heavy atom. The van der Waals surface area contributed by atoms with Gasteiger partial charge in [0.05, 0.1) is 11.9 Å². The number of aromatic nitrogens is 2. The fraction of sp³-hybridized carbons (Fsp3) is 0.467. The highest BCUT2D eigenvalue weighted by Gasteiger charge is 2.46. The summed E-state index contributed by atoms with van der Waals surface area (Å²) in [6.07, 6.45) is 3.59. The number of H-pyrrole nitrogens is 1. The molecule has 0 radical (unpaired) electrons. The number of thiophene rings is 1. The van der Waals surface area contributed by atoms with Gasteiger partial charge >= 0.3 is 0 Å². The van der Waals surface area contributed by atoms with Crippen LogP contribution in [0, 0.1) is 6.92 Å². The molecule has 2 unspecified atom stereocenters. The summed E-state index contributed by atoms with van der Waals surface area (Å²) in [7, 11) is 0. The summed E-state index contributed by atoms with van der Waals surface area (Å²) in [5.41, 5.74) is 1.72. The average molecular weight is 320 g/mol. The van der Waals surface area contributed by atoms with Crippen LogP contribution in [0.2, 0.25) is 0 Å². The van der Waals surface area contributed by atoms with Gasteiger partial charge in [0.2, 0.25) is 0 Å². The van der Waals surface area contributed by atoms with E-state index in [1.807, 2.05) is 13.0 Å². The molecule has 1 amide bonds. The normalized spacial score (nSPS) is 27.4. The predicted octanol–water partition coefficient (Wildman–Crippen LogP) is 3.21. The topological polar surface area (TPSA) is 69.8 Å². The van der Waals surface area contributed by atoms with Crippen LogP contribution in [0.4, 0.5) is 10.1 Å². The van der Waals surface area contributed by atoms with Crippen molar-refractivity contribution < 1.29 is 9.18 Å². The van der Waals surface area contributed by atoms with E-state index >= 15 is 0 Å². The van der Waals surface area contributed by atoms with Gasteiger partial charge in [0.15, 0.2) is 0 Å². The lowest BCUT2D eigenvalue weighted by atomic mass is 9.85. The van der Waals surface area contributed by atoms with E-state index in [0.29, 0.717) is 17.7 Å². The number of nitrogens with zero attached hydrogens (tertiary/aromatic N) is 1. The third-order valence-corrected chi connectivity index (χ3v) is 5.71. The van der Waals surface area contributed by atoms with E-state index in [-0.39, 0.29) is 5.91 Å². The molecule has 2 aliphatic rings. The number of amides is 1. The number of hydrogen-bond acceptors (Lipinski definition) is 4. The van der Waals surface area contributed by atoms with Crippen LogP contribution in [0.3, 0.4) is 0 Å². The van der Waals surface area contributed by atoms with Crippen LogP contribution < -0.4 is 10.6 Å². The summed E-state index contributed by atoms with van der Waals surface area (Å²) in [6, 6.07) is 1.93. The molecule has 1 saturated carbocycles. The van der Waals surface area contributed by atoms with E-state index in [0.717, 1.165) is 34.7 Å². The summed E-state index contributed by atoms with van der Waals surface area (Å²) in [6.45, 7) is 1.94. The van der Waals surface area contributed by atoms with Gasteiger partial charge in [-0.15, -0.1) is 11.3 Å². The number of nitrogens with one attached hydrogen (secondary N) is 3. The number of aromatic amines is 1. The van der Waals surface area contributed by atoms with E-state index in [1.54, 1.807) is 6.20 Å². The molecule has 4 rings (SSSR count). The second-order valence-electron chi connectivity index (χ2n) is 6.03. The molecule has 1 aliphatic heterocycles. The Morgan fingerprint density at radius 2 is 2.27 bits per heavy atom. The van der Waals surface area contributed by atoms with Crippen molar-refractivity contribution in [3.63, 3.8) is 0 Å². The first-order valence-electron chi connectivity index (χ1n) is 7.48. The zero-order valence-electron chi connectivity index (χ0n) is 12.2. The van der Waals surface area contributed by atoms with Gasteiger partial charge < -0.3 is 10.6 Å². The number of aryl methyl sites for hydroxylation is 1. The largest absolute Gasteiger partial charge is 0.359 e. The smallest absolute Gasteiger partial charge is 0.265 e. The highest BCUT2D eigenvalue weighted by Crippen LogP contribution is 2.42. The van der Waals surface area contributed by atoms with Crippen LogP contribution in [0.1, 0.15) is 41.0 Å². The van der Waals surface area contributed by atoms with E-state index in [2.05, 4.69) is 20.8 Å². The number of alkyl halides is 1. The average Bonchev–Trinajstić information content (AvgIpc) is 3.08. The van der Waals surface area contributed by atoms with Crippen molar-refractivity contribution in [2.45, 2.75) is 44.4 Å². The number of rotatable bonds is 1. The summed E-state index contributed by atoms with van der Waals surface area (Å²) in [5, 5.41) is 13.1. The number of carbonyl (C=O) groups is 1. The van der Waals surface area contributed by atoms with Crippen LogP contribution in [0.25, 0.3) is 10.4 Å². The zero-order valence-corrected chi connectivity index (χ0v) is 13.0. The quantitative estimate of drug-likeness (QED) is 0.755. The van der Waals surface area contributed by atoms with E-state index in [1.165, 1.54) is 11.3 Å². The summed E-state index contributed by atoms with van der Waals surface area (Å²) >= 11 is 1.41. The Kier molecular flexibility index (Phi) is 3.00. The van der Waals surface area contributed by atoms with Crippen molar-refractivity contribution in [2.24, 2.45) is 0 Å². The molecule has 0 bridgehead atoms. The van der Waals surface area contributed by atoms with Crippen molar-refractivity contribution in [1.82, 2.24) is 15.5 Å². The Balaban J connectivity index is 1.74. The van der Waals surface area contributed by atoms with Gasteiger partial charge in [-0.1, -0.05) is 6.42 Å². The molecule has 2 aromatic heterocycles. The third kappa shape index (κ3) is 1.95. The Hall–Kier alpha value is -1.89. The highest BCUT2D eigenvalue weighted by atomic mass is 32.1. The molecule has 3 N–H and O–H groups in total. The maximum atomic E-state index is 14.4. The Morgan fingerprint density at radius 1 is 1.41 bits per heavy atom. The summed E-state index contributed by atoms with van der Waals surface area (Å²) < 4.78 is 14.4. The molecule has 1 aliphatic carbocycles. The number of halogens is 1. The molecule has 2 aromatic rings. The zero-order chi connectivity index (χ0) is 15.3. The van der Waals surface area contributed by atoms with E-state index in [9.17, 15) is 9.18 Å². The molecule has 116 valence electrons. The van der Waals surface area contributed by atoms with Gasteiger partial charge in [-0.3, -0.25) is 9.89 Å². The molecule has 22 heavy (non-hydrogen) atoms. The molecule has 3 heterocycles. The van der Waals surface area contributed by atoms with Crippen molar-refractivity contribution in [2.75, 3.05) is 5.32 Å². The maximum Gasteiger partial charge on any atom is 0.265 e. The molecule has 0 saturated heterocycles. The molecule has 1 fully saturated rings. The third-order valence-electron chi connectivity index (χ3n) is 4.54. The first-order valence-corrected chi connectivity index (χ1v) is 8.30. The molecule has 5 nitrogen and oxygen atoms in total. The fourth-order valence-corrected chi connectivity index (χ4v) is 4.40. The monoisotopic (exact) mass is 320 g/mol. The lowest BCUT2D eigenvalue weighted by Gasteiger charge is -2.44. The highest BCUT2D eigenvalue weighted by molar-refractivity contribution is 7.18. The van der Waals surface area contributed by atoms with Gasteiger partial charge in [-0.05, 0) is 32.3 Å². The standard InChI is InChI=1S/C15H17FN4OS/c1-8-9(7-17-20-8)11-6-10-13(22-11)14(21)19-15(18-10)5-3-2-4-12(15)16/h6-7,12,18H,2-5H2,1H3,(H,17,20)(H,19,21). The molecule has 0 aromatic carbocycles. The summed E-state index contributed by atoms with van der Waals surface area (Å²) in [4.78, 5) is 14.0. The van der Waals surface area contributed by atoms with Crippen molar-refractivity contribution in [3.8, 4) is 10.4 Å². The van der Waals surface area contributed by atoms with E-state index in [4.69, 9.17) is 0 Å². The van der Waals surface area contributed by atoms with Crippen molar-refractivity contribution >= 4 is 22.9 Å². The van der Waals surface area contributed by atoms with Gasteiger partial charge in [0, 0.05) is 16.1 Å². The van der Waals surface area contributed by atoms with Gasteiger partial charge in [0.25, 0.3) is 5.91 Å². The van der Waals surface area contributed by atoms with Crippen molar-refractivity contribution in [3.05, 3.63) is 22.8 Å².